The molecule has 1 aromatic rings. The van der Waals surface area contributed by atoms with Gasteiger partial charge in [-0.2, -0.15) is 5.26 Å². The molecule has 0 unspecified atom stereocenters. The zero-order valence-corrected chi connectivity index (χ0v) is 13.6. The summed E-state index contributed by atoms with van der Waals surface area (Å²) < 4.78 is 0. The van der Waals surface area contributed by atoms with Crippen LogP contribution in [0.1, 0.15) is 55.5 Å². The van der Waals surface area contributed by atoms with Crippen molar-refractivity contribution in [2.75, 3.05) is 0 Å². The second kappa shape index (κ2) is 6.55. The molecular weight excluding hydrogens is 290 g/mol. The predicted molar refractivity (Wildman–Crippen MR) is 88.7 cm³/mol. The summed E-state index contributed by atoms with van der Waals surface area (Å²) >= 11 is 0. The molecule has 1 fully saturated rings. The largest absolute Gasteiger partial charge is 0.478 e. The number of carboxylic acids is 1. The van der Waals surface area contributed by atoms with Gasteiger partial charge in [0.1, 0.15) is 5.60 Å². The summed E-state index contributed by atoms with van der Waals surface area (Å²) in [6.45, 7) is 4.01. The number of aliphatic hydroxyl groups is 1. The van der Waals surface area contributed by atoms with Crippen LogP contribution in [0, 0.1) is 22.7 Å². The van der Waals surface area contributed by atoms with Gasteiger partial charge < -0.3 is 10.2 Å². The van der Waals surface area contributed by atoms with Crippen LogP contribution in [-0.2, 0) is 0 Å². The molecule has 0 bridgehead atoms. The van der Waals surface area contributed by atoms with Gasteiger partial charge in [-0.25, -0.2) is 4.79 Å². The van der Waals surface area contributed by atoms with Gasteiger partial charge >= 0.3 is 5.97 Å². The molecule has 1 atom stereocenters. The number of hydrogen-bond acceptors (Lipinski definition) is 3. The highest BCUT2D eigenvalue weighted by Gasteiger charge is 2.60. The van der Waals surface area contributed by atoms with Crippen LogP contribution < -0.4 is 0 Å². The van der Waals surface area contributed by atoms with Gasteiger partial charge in [0.15, 0.2) is 0 Å². The molecule has 23 heavy (non-hydrogen) atoms. The van der Waals surface area contributed by atoms with Gasteiger partial charge in [-0.3, -0.25) is 0 Å². The van der Waals surface area contributed by atoms with E-state index in [9.17, 15) is 20.3 Å². The van der Waals surface area contributed by atoms with E-state index in [0.717, 1.165) is 12.8 Å². The van der Waals surface area contributed by atoms with Gasteiger partial charge in [0.2, 0.25) is 0 Å². The first-order valence-corrected chi connectivity index (χ1v) is 8.09. The number of nitrogens with zero attached hydrogens (tertiary/aromatic N) is 1. The van der Waals surface area contributed by atoms with Crippen LogP contribution in [0.3, 0.4) is 0 Å². The van der Waals surface area contributed by atoms with Gasteiger partial charge in [0, 0.05) is 0 Å². The molecule has 0 radical (unpaired) electrons. The van der Waals surface area contributed by atoms with Crippen molar-refractivity contribution < 1.29 is 15.0 Å². The summed E-state index contributed by atoms with van der Waals surface area (Å²) in [5.41, 5.74) is -1.23. The fourth-order valence-electron chi connectivity index (χ4n) is 3.38. The third kappa shape index (κ3) is 3.02. The minimum absolute atomic E-state index is 0.0297. The maximum absolute atomic E-state index is 11.3. The molecule has 1 aliphatic carbocycles. The first-order valence-electron chi connectivity index (χ1n) is 8.09. The molecule has 1 aromatic carbocycles. The van der Waals surface area contributed by atoms with E-state index in [4.69, 9.17) is 0 Å². The van der Waals surface area contributed by atoms with E-state index in [1.165, 1.54) is 6.07 Å². The normalized spacial score (nSPS) is 18.6. The van der Waals surface area contributed by atoms with Crippen molar-refractivity contribution in [3.05, 3.63) is 41.5 Å². The third-order valence-corrected chi connectivity index (χ3v) is 5.05. The predicted octanol–water partition coefficient (Wildman–Crippen LogP) is 3.87. The second-order valence-corrected chi connectivity index (χ2v) is 6.26. The highest BCUT2D eigenvalue weighted by Crippen LogP contribution is 2.58. The van der Waals surface area contributed by atoms with Gasteiger partial charge in [-0.15, -0.1) is 0 Å². The molecule has 2 N–H and O–H groups in total. The molecule has 0 spiro atoms. The fraction of sp³-hybridized carbons (Fsp3) is 0.474. The van der Waals surface area contributed by atoms with Gasteiger partial charge in [-0.1, -0.05) is 57.0 Å². The molecule has 0 heterocycles. The number of rotatable bonds is 7. The first kappa shape index (κ1) is 17.2. The zero-order valence-electron chi connectivity index (χ0n) is 13.6. The summed E-state index contributed by atoms with van der Waals surface area (Å²) in [6, 6.07) is 8.98. The number of aromatic carboxylic acids is 1. The molecule has 4 nitrogen and oxygen atoms in total. The molecule has 0 aliphatic heterocycles. The summed E-state index contributed by atoms with van der Waals surface area (Å²) in [4.78, 5) is 11.3. The Morgan fingerprint density at radius 3 is 2.48 bits per heavy atom. The number of nitriles is 1. The van der Waals surface area contributed by atoms with Crippen molar-refractivity contribution in [2.24, 2.45) is 11.3 Å². The van der Waals surface area contributed by atoms with E-state index in [1.54, 1.807) is 30.4 Å². The van der Waals surface area contributed by atoms with Gasteiger partial charge in [-0.05, 0) is 30.4 Å². The Bertz CT molecular complexity index is 651. The molecule has 0 saturated heterocycles. The lowest BCUT2D eigenvalue weighted by molar-refractivity contribution is -0.0209. The van der Waals surface area contributed by atoms with Crippen LogP contribution in [0.5, 0.6) is 0 Å². The van der Waals surface area contributed by atoms with Crippen LogP contribution in [-0.4, -0.2) is 21.8 Å². The molecule has 0 amide bonds. The lowest BCUT2D eigenvalue weighted by Crippen LogP contribution is -2.44. The molecule has 0 aromatic heterocycles. The lowest BCUT2D eigenvalue weighted by Gasteiger charge is -2.37. The fourth-order valence-corrected chi connectivity index (χ4v) is 3.38. The lowest BCUT2D eigenvalue weighted by atomic mass is 9.72. The van der Waals surface area contributed by atoms with E-state index in [1.807, 2.05) is 13.8 Å². The Labute approximate surface area is 137 Å². The van der Waals surface area contributed by atoms with Gasteiger partial charge in [0.05, 0.1) is 17.0 Å². The Hall–Kier alpha value is -2.12. The van der Waals surface area contributed by atoms with Crippen molar-refractivity contribution in [3.8, 4) is 6.07 Å². The smallest absolute Gasteiger partial charge is 0.336 e. The third-order valence-electron chi connectivity index (χ3n) is 5.05. The average molecular weight is 313 g/mol. The minimum atomic E-state index is -1.23. The SMILES string of the molecule is CCC(CC)[C@](O)(/C=C/c1ccccc1C(=O)O)C1(C#N)CC1. The highest BCUT2D eigenvalue weighted by atomic mass is 16.4. The Morgan fingerprint density at radius 2 is 2.00 bits per heavy atom. The van der Waals surface area contributed by atoms with E-state index >= 15 is 0 Å². The Morgan fingerprint density at radius 1 is 1.39 bits per heavy atom. The minimum Gasteiger partial charge on any atom is -0.478 e. The number of benzene rings is 1. The number of carboxylic acid groups (broad SMARTS) is 1. The molecule has 1 aliphatic rings. The van der Waals surface area contributed by atoms with Crippen LogP contribution >= 0.6 is 0 Å². The van der Waals surface area contributed by atoms with Gasteiger partial charge in [0.25, 0.3) is 0 Å². The molecule has 2 rings (SSSR count). The summed E-state index contributed by atoms with van der Waals surface area (Å²) in [5.74, 6) is -1.03. The monoisotopic (exact) mass is 313 g/mol. The number of carbonyl (C=O) groups is 1. The summed E-state index contributed by atoms with van der Waals surface area (Å²) in [5, 5.41) is 30.1. The number of hydrogen-bond donors (Lipinski definition) is 2. The maximum Gasteiger partial charge on any atom is 0.336 e. The quantitative estimate of drug-likeness (QED) is 0.800. The van der Waals surface area contributed by atoms with Crippen molar-refractivity contribution in [3.63, 3.8) is 0 Å². The first-order chi connectivity index (χ1) is 10.9. The van der Waals surface area contributed by atoms with Crippen LogP contribution in [0.2, 0.25) is 0 Å². The van der Waals surface area contributed by atoms with Crippen LogP contribution in [0.4, 0.5) is 0 Å². The summed E-state index contributed by atoms with van der Waals surface area (Å²) in [7, 11) is 0. The Kier molecular flexibility index (Phi) is 4.91. The highest BCUT2D eigenvalue weighted by molar-refractivity contribution is 5.92. The zero-order chi connectivity index (χ0) is 17.1. The van der Waals surface area contributed by atoms with E-state index in [0.29, 0.717) is 18.4 Å². The molecule has 122 valence electrons. The van der Waals surface area contributed by atoms with Crippen molar-refractivity contribution >= 4 is 12.0 Å². The Balaban J connectivity index is 2.44. The molecule has 1 saturated carbocycles. The molecular formula is C19H23NO3. The van der Waals surface area contributed by atoms with E-state index in [2.05, 4.69) is 6.07 Å². The van der Waals surface area contributed by atoms with Crippen molar-refractivity contribution in [1.29, 1.82) is 5.26 Å². The second-order valence-electron chi connectivity index (χ2n) is 6.26. The van der Waals surface area contributed by atoms with Crippen LogP contribution in [0.25, 0.3) is 6.08 Å². The topological polar surface area (TPSA) is 81.3 Å². The maximum atomic E-state index is 11.3. The van der Waals surface area contributed by atoms with Crippen LogP contribution in [0.15, 0.2) is 30.3 Å². The summed E-state index contributed by atoms with van der Waals surface area (Å²) in [6.07, 6.45) is 6.20. The average Bonchev–Trinajstić information content (AvgIpc) is 3.35. The van der Waals surface area contributed by atoms with Crippen molar-refractivity contribution in [1.82, 2.24) is 0 Å². The molecule has 4 heteroatoms. The van der Waals surface area contributed by atoms with E-state index < -0.39 is 17.0 Å². The van der Waals surface area contributed by atoms with Crippen molar-refractivity contribution in [2.45, 2.75) is 45.1 Å². The van der Waals surface area contributed by atoms with E-state index in [-0.39, 0.29) is 11.5 Å². The standard InChI is InChI=1S/C19H23NO3/c1-3-15(4-2)19(23,18(13-20)11-12-18)10-9-14-7-5-6-8-16(14)17(21)22/h5-10,15,23H,3-4,11-12H2,1-2H3,(H,21,22)/b10-9+/t19-/m1/s1.